The Labute approximate surface area is 109 Å². The van der Waals surface area contributed by atoms with E-state index in [0.717, 1.165) is 44.1 Å². The van der Waals surface area contributed by atoms with Gasteiger partial charge in [0, 0.05) is 19.6 Å². The Hall–Kier alpha value is -1.52. The van der Waals surface area contributed by atoms with Crippen molar-refractivity contribution in [1.82, 2.24) is 9.97 Å². The lowest BCUT2D eigenvalue weighted by atomic mass is 10.1. The van der Waals surface area contributed by atoms with Gasteiger partial charge in [0.25, 0.3) is 0 Å². The van der Waals surface area contributed by atoms with Crippen molar-refractivity contribution in [2.24, 2.45) is 0 Å². The van der Waals surface area contributed by atoms with Crippen LogP contribution in [0.3, 0.4) is 0 Å². The summed E-state index contributed by atoms with van der Waals surface area (Å²) < 4.78 is 0. The molecule has 100 valence electrons. The second kappa shape index (κ2) is 6.42. The number of nitrogen functional groups attached to an aromatic ring is 1. The number of rotatable bonds is 5. The van der Waals surface area contributed by atoms with Crippen LogP contribution in [-0.4, -0.2) is 29.6 Å². The fraction of sp³-hybridized carbons (Fsp3) is 0.692. The van der Waals surface area contributed by atoms with Gasteiger partial charge in [0.1, 0.15) is 12.0 Å². The van der Waals surface area contributed by atoms with Crippen LogP contribution in [0.4, 0.5) is 17.3 Å². The summed E-state index contributed by atoms with van der Waals surface area (Å²) in [6.07, 6.45) is 7.65. The van der Waals surface area contributed by atoms with Gasteiger partial charge in [0.2, 0.25) is 0 Å². The number of aromatic nitrogens is 2. The predicted molar refractivity (Wildman–Crippen MR) is 75.9 cm³/mol. The maximum absolute atomic E-state index is 6.17. The van der Waals surface area contributed by atoms with Gasteiger partial charge in [-0.3, -0.25) is 0 Å². The van der Waals surface area contributed by atoms with Crippen molar-refractivity contribution >= 4 is 17.3 Å². The Kier molecular flexibility index (Phi) is 4.61. The molecule has 1 aromatic rings. The van der Waals surface area contributed by atoms with Crippen LogP contribution < -0.4 is 16.0 Å². The second-order valence-electron chi connectivity index (χ2n) is 4.79. The topological polar surface area (TPSA) is 67.1 Å². The van der Waals surface area contributed by atoms with Crippen molar-refractivity contribution in [2.75, 3.05) is 35.6 Å². The van der Waals surface area contributed by atoms with Crippen molar-refractivity contribution in [1.29, 1.82) is 0 Å². The lowest BCUT2D eigenvalue weighted by Gasteiger charge is -2.28. The zero-order chi connectivity index (χ0) is 12.8. The van der Waals surface area contributed by atoms with Gasteiger partial charge >= 0.3 is 0 Å². The predicted octanol–water partition coefficient (Wildman–Crippen LogP) is 2.26. The van der Waals surface area contributed by atoms with Crippen LogP contribution in [0.2, 0.25) is 0 Å². The molecule has 0 aromatic carbocycles. The van der Waals surface area contributed by atoms with Crippen LogP contribution in [0.15, 0.2) is 6.33 Å². The quantitative estimate of drug-likeness (QED) is 0.783. The summed E-state index contributed by atoms with van der Waals surface area (Å²) in [5, 5.41) is 3.29. The van der Waals surface area contributed by atoms with Crippen LogP contribution in [0.5, 0.6) is 0 Å². The highest BCUT2D eigenvalue weighted by molar-refractivity contribution is 5.74. The van der Waals surface area contributed by atoms with E-state index in [4.69, 9.17) is 5.73 Å². The van der Waals surface area contributed by atoms with E-state index < -0.39 is 0 Å². The van der Waals surface area contributed by atoms with Crippen LogP contribution in [0.25, 0.3) is 0 Å². The Balaban J connectivity index is 2.08. The van der Waals surface area contributed by atoms with E-state index in [1.165, 1.54) is 19.3 Å². The molecule has 2 heterocycles. The van der Waals surface area contributed by atoms with Gasteiger partial charge in [0.15, 0.2) is 11.6 Å². The molecule has 5 nitrogen and oxygen atoms in total. The smallest absolute Gasteiger partial charge is 0.157 e. The van der Waals surface area contributed by atoms with Crippen LogP contribution in [-0.2, 0) is 0 Å². The minimum absolute atomic E-state index is 0.690. The molecule has 18 heavy (non-hydrogen) atoms. The molecule has 1 aliphatic heterocycles. The number of piperidine rings is 1. The summed E-state index contributed by atoms with van der Waals surface area (Å²) in [5.74, 6) is 1.67. The van der Waals surface area contributed by atoms with Crippen molar-refractivity contribution in [3.8, 4) is 0 Å². The zero-order valence-corrected chi connectivity index (χ0v) is 11.2. The molecule has 2 rings (SSSR count). The van der Waals surface area contributed by atoms with Gasteiger partial charge in [-0.2, -0.15) is 0 Å². The van der Waals surface area contributed by atoms with Gasteiger partial charge in [-0.15, -0.1) is 0 Å². The molecule has 0 spiro atoms. The van der Waals surface area contributed by atoms with E-state index in [9.17, 15) is 0 Å². The summed E-state index contributed by atoms with van der Waals surface area (Å²) >= 11 is 0. The molecule has 0 aliphatic carbocycles. The number of hydrogen-bond donors (Lipinski definition) is 2. The largest absolute Gasteiger partial charge is 0.393 e. The molecular weight excluding hydrogens is 226 g/mol. The van der Waals surface area contributed by atoms with Gasteiger partial charge in [-0.05, 0) is 25.7 Å². The first-order valence-electron chi connectivity index (χ1n) is 6.92. The average Bonchev–Trinajstić information content (AvgIpc) is 2.42. The highest BCUT2D eigenvalue weighted by Crippen LogP contribution is 2.28. The number of nitrogens with two attached hydrogens (primary N) is 1. The van der Waals surface area contributed by atoms with Crippen molar-refractivity contribution < 1.29 is 0 Å². The summed E-state index contributed by atoms with van der Waals surface area (Å²) in [6.45, 7) is 5.19. The minimum Gasteiger partial charge on any atom is -0.393 e. The molecular formula is C13H23N5. The fourth-order valence-corrected chi connectivity index (χ4v) is 2.27. The molecule has 1 saturated heterocycles. The first-order valence-corrected chi connectivity index (χ1v) is 6.92. The molecule has 1 fully saturated rings. The number of hydrogen-bond acceptors (Lipinski definition) is 5. The summed E-state index contributed by atoms with van der Waals surface area (Å²) in [4.78, 5) is 10.8. The van der Waals surface area contributed by atoms with E-state index in [2.05, 4.69) is 27.1 Å². The van der Waals surface area contributed by atoms with Crippen molar-refractivity contribution in [2.45, 2.75) is 39.0 Å². The molecule has 0 atom stereocenters. The van der Waals surface area contributed by atoms with Gasteiger partial charge in [0.05, 0.1) is 0 Å². The molecule has 0 unspecified atom stereocenters. The summed E-state index contributed by atoms with van der Waals surface area (Å²) in [7, 11) is 0. The number of unbranched alkanes of at least 4 members (excludes halogenated alkanes) is 1. The van der Waals surface area contributed by atoms with E-state index in [0.29, 0.717) is 5.69 Å². The first kappa shape index (κ1) is 12.9. The van der Waals surface area contributed by atoms with Gasteiger partial charge < -0.3 is 16.0 Å². The molecule has 5 heteroatoms. The van der Waals surface area contributed by atoms with Gasteiger partial charge in [-0.25, -0.2) is 9.97 Å². The second-order valence-corrected chi connectivity index (χ2v) is 4.79. The van der Waals surface area contributed by atoms with Crippen LogP contribution >= 0.6 is 0 Å². The summed E-state index contributed by atoms with van der Waals surface area (Å²) in [5.41, 5.74) is 6.86. The Morgan fingerprint density at radius 1 is 1.28 bits per heavy atom. The fourth-order valence-electron chi connectivity index (χ4n) is 2.27. The van der Waals surface area contributed by atoms with Gasteiger partial charge in [-0.1, -0.05) is 13.3 Å². The standard InChI is InChI=1S/C13H23N5/c1-2-3-7-15-12-11(14)13(17-10-16-12)18-8-5-4-6-9-18/h10H,2-9,14H2,1H3,(H,15,16,17). The number of nitrogens with one attached hydrogen (secondary N) is 1. The Morgan fingerprint density at radius 3 is 2.78 bits per heavy atom. The Bertz CT molecular complexity index is 374. The Morgan fingerprint density at radius 2 is 2.06 bits per heavy atom. The van der Waals surface area contributed by atoms with Crippen molar-refractivity contribution in [3.05, 3.63) is 6.33 Å². The highest BCUT2D eigenvalue weighted by Gasteiger charge is 2.16. The summed E-state index contributed by atoms with van der Waals surface area (Å²) in [6, 6.07) is 0. The van der Waals surface area contributed by atoms with Crippen LogP contribution in [0, 0.1) is 0 Å². The molecule has 0 saturated carbocycles. The highest BCUT2D eigenvalue weighted by atomic mass is 15.2. The molecule has 0 amide bonds. The number of anilines is 3. The van der Waals surface area contributed by atoms with E-state index >= 15 is 0 Å². The normalized spacial score (nSPS) is 15.7. The molecule has 1 aromatic heterocycles. The van der Waals surface area contributed by atoms with E-state index in [-0.39, 0.29) is 0 Å². The number of nitrogens with zero attached hydrogens (tertiary/aromatic N) is 3. The first-order chi connectivity index (χ1) is 8.83. The lowest BCUT2D eigenvalue weighted by molar-refractivity contribution is 0.573. The van der Waals surface area contributed by atoms with E-state index in [1.807, 2.05) is 0 Å². The third-order valence-electron chi connectivity index (χ3n) is 3.34. The average molecular weight is 249 g/mol. The maximum Gasteiger partial charge on any atom is 0.157 e. The van der Waals surface area contributed by atoms with Crippen molar-refractivity contribution in [3.63, 3.8) is 0 Å². The third kappa shape index (κ3) is 3.03. The van der Waals surface area contributed by atoms with Crippen LogP contribution in [0.1, 0.15) is 39.0 Å². The molecule has 1 aliphatic rings. The molecule has 0 bridgehead atoms. The lowest BCUT2D eigenvalue weighted by Crippen LogP contribution is -2.31. The van der Waals surface area contributed by atoms with E-state index in [1.54, 1.807) is 6.33 Å². The maximum atomic E-state index is 6.17. The minimum atomic E-state index is 0.690. The molecule has 3 N–H and O–H groups in total. The third-order valence-corrected chi connectivity index (χ3v) is 3.34. The SMILES string of the molecule is CCCCNc1ncnc(N2CCCCC2)c1N. The monoisotopic (exact) mass is 249 g/mol. The molecule has 0 radical (unpaired) electrons. The zero-order valence-electron chi connectivity index (χ0n) is 11.2.